The van der Waals surface area contributed by atoms with Crippen LogP contribution in [0, 0.1) is 0 Å². The lowest BCUT2D eigenvalue weighted by Crippen LogP contribution is -2.48. The van der Waals surface area contributed by atoms with E-state index in [1.807, 2.05) is 12.3 Å². The minimum absolute atomic E-state index is 0. The zero-order chi connectivity index (χ0) is 14.7. The van der Waals surface area contributed by atoms with E-state index in [0.717, 1.165) is 31.9 Å². The summed E-state index contributed by atoms with van der Waals surface area (Å²) >= 11 is 0. The van der Waals surface area contributed by atoms with E-state index in [9.17, 15) is 0 Å². The second-order valence-corrected chi connectivity index (χ2v) is 5.88. The Labute approximate surface area is 151 Å². The Balaban J connectivity index is 0.00000132. The highest BCUT2D eigenvalue weighted by molar-refractivity contribution is 5.85. The normalized spacial score (nSPS) is 15.0. The standard InChI is InChI=1S/C18H23N3.2ClH/c1-15(2)20-10-12-21(13-11-20)17-8-9-18(19-14-17)16-6-4-3-5-7-16;;/h3-9,14-15H,10-13H2,1-2H3;2*1H. The molecule has 2 heterocycles. The van der Waals surface area contributed by atoms with Crippen LogP contribution in [0.2, 0.25) is 0 Å². The Hall–Kier alpha value is -1.29. The van der Waals surface area contributed by atoms with Gasteiger partial charge in [-0.05, 0) is 26.0 Å². The first-order chi connectivity index (χ1) is 10.2. The SMILES string of the molecule is CC(C)N1CCN(c2ccc(-c3ccccc3)nc2)CC1.Cl.Cl. The maximum atomic E-state index is 4.62. The van der Waals surface area contributed by atoms with E-state index >= 15 is 0 Å². The van der Waals surface area contributed by atoms with Crippen molar-refractivity contribution in [3.63, 3.8) is 0 Å². The molecule has 1 aromatic heterocycles. The molecule has 3 nitrogen and oxygen atoms in total. The average molecular weight is 354 g/mol. The van der Waals surface area contributed by atoms with Gasteiger partial charge >= 0.3 is 0 Å². The lowest BCUT2D eigenvalue weighted by atomic mass is 10.1. The molecular formula is C18H25Cl2N3. The Bertz CT molecular complexity index is 565. The van der Waals surface area contributed by atoms with Crippen molar-refractivity contribution in [3.05, 3.63) is 48.7 Å². The van der Waals surface area contributed by atoms with Crippen LogP contribution in [0.15, 0.2) is 48.7 Å². The Morgan fingerprint density at radius 2 is 1.52 bits per heavy atom. The van der Waals surface area contributed by atoms with Gasteiger partial charge in [-0.25, -0.2) is 0 Å². The maximum Gasteiger partial charge on any atom is 0.0703 e. The van der Waals surface area contributed by atoms with Gasteiger partial charge in [0.25, 0.3) is 0 Å². The zero-order valence-corrected chi connectivity index (χ0v) is 15.3. The van der Waals surface area contributed by atoms with E-state index in [1.54, 1.807) is 0 Å². The molecule has 0 bridgehead atoms. The van der Waals surface area contributed by atoms with Crippen molar-refractivity contribution in [2.75, 3.05) is 31.1 Å². The van der Waals surface area contributed by atoms with Gasteiger partial charge in [0.15, 0.2) is 0 Å². The van der Waals surface area contributed by atoms with Crippen molar-refractivity contribution in [2.24, 2.45) is 0 Å². The minimum atomic E-state index is 0. The number of halogens is 2. The second kappa shape index (κ2) is 9.11. The van der Waals surface area contributed by atoms with E-state index in [0.29, 0.717) is 6.04 Å². The number of aromatic nitrogens is 1. The molecule has 0 amide bonds. The highest BCUT2D eigenvalue weighted by Gasteiger charge is 2.19. The molecule has 0 N–H and O–H groups in total. The molecule has 3 rings (SSSR count). The van der Waals surface area contributed by atoms with Gasteiger partial charge in [0.1, 0.15) is 0 Å². The largest absolute Gasteiger partial charge is 0.368 e. The molecule has 0 saturated carbocycles. The Morgan fingerprint density at radius 3 is 2.04 bits per heavy atom. The summed E-state index contributed by atoms with van der Waals surface area (Å²) in [6, 6.07) is 15.3. The number of pyridine rings is 1. The predicted octanol–water partition coefficient (Wildman–Crippen LogP) is 4.12. The van der Waals surface area contributed by atoms with Gasteiger partial charge in [0, 0.05) is 37.8 Å². The second-order valence-electron chi connectivity index (χ2n) is 5.88. The third-order valence-corrected chi connectivity index (χ3v) is 4.23. The van der Waals surface area contributed by atoms with Crippen LogP contribution >= 0.6 is 24.8 Å². The Kier molecular flexibility index (Phi) is 7.83. The first kappa shape index (κ1) is 19.8. The summed E-state index contributed by atoms with van der Waals surface area (Å²) in [7, 11) is 0. The Morgan fingerprint density at radius 1 is 0.870 bits per heavy atom. The van der Waals surface area contributed by atoms with Crippen molar-refractivity contribution in [3.8, 4) is 11.3 Å². The zero-order valence-electron chi connectivity index (χ0n) is 13.7. The van der Waals surface area contributed by atoms with Crippen molar-refractivity contribution >= 4 is 30.5 Å². The number of rotatable bonds is 3. The molecule has 1 aromatic carbocycles. The molecule has 5 heteroatoms. The molecule has 1 aliphatic heterocycles. The summed E-state index contributed by atoms with van der Waals surface area (Å²) in [6.45, 7) is 8.99. The summed E-state index contributed by atoms with van der Waals surface area (Å²) in [5.74, 6) is 0. The number of hydrogen-bond acceptors (Lipinski definition) is 3. The molecular weight excluding hydrogens is 329 g/mol. The number of anilines is 1. The van der Waals surface area contributed by atoms with E-state index in [2.05, 4.69) is 65.0 Å². The molecule has 23 heavy (non-hydrogen) atoms. The first-order valence-electron chi connectivity index (χ1n) is 7.74. The predicted molar refractivity (Wildman–Crippen MR) is 103 cm³/mol. The minimum Gasteiger partial charge on any atom is -0.368 e. The first-order valence-corrected chi connectivity index (χ1v) is 7.74. The summed E-state index contributed by atoms with van der Waals surface area (Å²) in [4.78, 5) is 9.58. The third kappa shape index (κ3) is 4.84. The molecule has 2 aromatic rings. The fourth-order valence-electron chi connectivity index (χ4n) is 2.85. The molecule has 1 fully saturated rings. The van der Waals surface area contributed by atoms with E-state index in [-0.39, 0.29) is 24.8 Å². The van der Waals surface area contributed by atoms with E-state index in [1.165, 1.54) is 11.3 Å². The molecule has 0 unspecified atom stereocenters. The van der Waals surface area contributed by atoms with Gasteiger partial charge in [-0.2, -0.15) is 0 Å². The van der Waals surface area contributed by atoms with Gasteiger partial charge in [0.2, 0.25) is 0 Å². The van der Waals surface area contributed by atoms with E-state index in [4.69, 9.17) is 0 Å². The fraction of sp³-hybridized carbons (Fsp3) is 0.389. The number of nitrogens with zero attached hydrogens (tertiary/aromatic N) is 3. The summed E-state index contributed by atoms with van der Waals surface area (Å²) < 4.78 is 0. The maximum absolute atomic E-state index is 4.62. The number of benzene rings is 1. The number of piperazine rings is 1. The average Bonchev–Trinajstić information content (AvgIpc) is 2.56. The lowest BCUT2D eigenvalue weighted by Gasteiger charge is -2.38. The molecule has 0 aliphatic carbocycles. The van der Waals surface area contributed by atoms with Crippen LogP contribution in [0.1, 0.15) is 13.8 Å². The van der Waals surface area contributed by atoms with Gasteiger partial charge in [-0.3, -0.25) is 9.88 Å². The summed E-state index contributed by atoms with van der Waals surface area (Å²) in [6.07, 6.45) is 2.01. The van der Waals surface area contributed by atoms with Crippen molar-refractivity contribution < 1.29 is 0 Å². The summed E-state index contributed by atoms with van der Waals surface area (Å²) in [5, 5.41) is 0. The topological polar surface area (TPSA) is 19.4 Å². The fourth-order valence-corrected chi connectivity index (χ4v) is 2.85. The lowest BCUT2D eigenvalue weighted by molar-refractivity contribution is 0.209. The molecule has 0 atom stereocenters. The van der Waals surface area contributed by atoms with Crippen molar-refractivity contribution in [1.29, 1.82) is 0 Å². The molecule has 1 saturated heterocycles. The van der Waals surface area contributed by atoms with Crippen molar-refractivity contribution in [2.45, 2.75) is 19.9 Å². The van der Waals surface area contributed by atoms with Crippen LogP contribution in [-0.4, -0.2) is 42.1 Å². The third-order valence-electron chi connectivity index (χ3n) is 4.23. The van der Waals surface area contributed by atoms with E-state index < -0.39 is 0 Å². The van der Waals surface area contributed by atoms with Crippen LogP contribution in [0.25, 0.3) is 11.3 Å². The van der Waals surface area contributed by atoms with Crippen LogP contribution in [0.3, 0.4) is 0 Å². The van der Waals surface area contributed by atoms with Gasteiger partial charge in [-0.15, -0.1) is 24.8 Å². The summed E-state index contributed by atoms with van der Waals surface area (Å²) in [5.41, 5.74) is 3.45. The highest BCUT2D eigenvalue weighted by Crippen LogP contribution is 2.21. The highest BCUT2D eigenvalue weighted by atomic mass is 35.5. The van der Waals surface area contributed by atoms with Crippen LogP contribution in [0.5, 0.6) is 0 Å². The monoisotopic (exact) mass is 353 g/mol. The quantitative estimate of drug-likeness (QED) is 0.827. The molecule has 1 aliphatic rings. The molecule has 0 spiro atoms. The smallest absolute Gasteiger partial charge is 0.0703 e. The van der Waals surface area contributed by atoms with Crippen LogP contribution < -0.4 is 4.90 Å². The van der Waals surface area contributed by atoms with Crippen LogP contribution in [0.4, 0.5) is 5.69 Å². The number of hydrogen-bond donors (Lipinski definition) is 0. The van der Waals surface area contributed by atoms with Crippen molar-refractivity contribution in [1.82, 2.24) is 9.88 Å². The van der Waals surface area contributed by atoms with Gasteiger partial charge in [0.05, 0.1) is 17.6 Å². The molecule has 126 valence electrons. The van der Waals surface area contributed by atoms with Gasteiger partial charge in [-0.1, -0.05) is 30.3 Å². The van der Waals surface area contributed by atoms with Gasteiger partial charge < -0.3 is 4.90 Å². The van der Waals surface area contributed by atoms with Crippen LogP contribution in [-0.2, 0) is 0 Å². The molecule has 0 radical (unpaired) electrons.